The summed E-state index contributed by atoms with van der Waals surface area (Å²) in [7, 11) is 0. The first-order chi connectivity index (χ1) is 10.8. The van der Waals surface area contributed by atoms with E-state index in [4.69, 9.17) is 10.5 Å². The minimum atomic E-state index is -4.52. The van der Waals surface area contributed by atoms with Crippen LogP contribution in [0.15, 0.2) is 30.9 Å². The second-order valence-electron chi connectivity index (χ2n) is 5.44. The Hall–Kier alpha value is -1.73. The molecule has 0 saturated carbocycles. The largest absolute Gasteiger partial charge is 0.489 e. The van der Waals surface area contributed by atoms with E-state index in [-0.39, 0.29) is 36.4 Å². The number of carbonyl (C=O) groups is 1. The fraction of sp³-hybridized carbons (Fsp3) is 0.438. The van der Waals surface area contributed by atoms with Crippen molar-refractivity contribution in [3.05, 3.63) is 42.0 Å². The topological polar surface area (TPSA) is 55.6 Å². The van der Waals surface area contributed by atoms with Gasteiger partial charge in [0.2, 0.25) is 0 Å². The van der Waals surface area contributed by atoms with Gasteiger partial charge in [0.25, 0.3) is 5.91 Å². The standard InChI is InChI=1S/C16H19F3N2O2.ClH/c1-2-9-23-14-4-3-11(16(17,18)19)10-13(14)15(22)21-7-5-12(20)6-8-21;/h2-4,10,12H,1,5-9,20H2;1H. The molecular weight excluding hydrogens is 345 g/mol. The number of amides is 1. The van der Waals surface area contributed by atoms with E-state index in [9.17, 15) is 18.0 Å². The predicted octanol–water partition coefficient (Wildman–Crippen LogP) is 3.26. The molecule has 0 spiro atoms. The highest BCUT2D eigenvalue weighted by atomic mass is 35.5. The third kappa shape index (κ3) is 4.88. The van der Waals surface area contributed by atoms with Gasteiger partial charge in [-0.05, 0) is 31.0 Å². The molecule has 1 aromatic rings. The molecule has 1 fully saturated rings. The zero-order chi connectivity index (χ0) is 17.0. The van der Waals surface area contributed by atoms with Gasteiger partial charge in [0.05, 0.1) is 11.1 Å². The van der Waals surface area contributed by atoms with E-state index in [1.165, 1.54) is 17.0 Å². The summed E-state index contributed by atoms with van der Waals surface area (Å²) in [5.74, 6) is -0.347. The number of carbonyl (C=O) groups excluding carboxylic acids is 1. The van der Waals surface area contributed by atoms with Crippen LogP contribution in [0, 0.1) is 0 Å². The van der Waals surface area contributed by atoms with E-state index in [1.807, 2.05) is 0 Å². The molecule has 2 N–H and O–H groups in total. The summed E-state index contributed by atoms with van der Waals surface area (Å²) < 4.78 is 44.1. The minimum absolute atomic E-state index is 0. The molecule has 134 valence electrons. The molecule has 0 bridgehead atoms. The summed E-state index contributed by atoms with van der Waals surface area (Å²) in [6.07, 6.45) is -1.79. The van der Waals surface area contributed by atoms with Gasteiger partial charge in [0, 0.05) is 19.1 Å². The fourth-order valence-corrected chi connectivity index (χ4v) is 2.42. The van der Waals surface area contributed by atoms with Gasteiger partial charge in [0.15, 0.2) is 0 Å². The summed E-state index contributed by atoms with van der Waals surface area (Å²) in [5, 5.41) is 0. The minimum Gasteiger partial charge on any atom is -0.489 e. The third-order valence-electron chi connectivity index (χ3n) is 3.72. The van der Waals surface area contributed by atoms with E-state index >= 15 is 0 Å². The maximum Gasteiger partial charge on any atom is 0.416 e. The van der Waals surface area contributed by atoms with Crippen molar-refractivity contribution >= 4 is 18.3 Å². The van der Waals surface area contributed by atoms with Crippen molar-refractivity contribution in [3.8, 4) is 5.75 Å². The lowest BCUT2D eigenvalue weighted by molar-refractivity contribution is -0.137. The molecule has 0 radical (unpaired) electrons. The van der Waals surface area contributed by atoms with Gasteiger partial charge in [-0.2, -0.15) is 13.2 Å². The van der Waals surface area contributed by atoms with Crippen LogP contribution >= 0.6 is 12.4 Å². The quantitative estimate of drug-likeness (QED) is 0.834. The van der Waals surface area contributed by atoms with Crippen LogP contribution in [0.1, 0.15) is 28.8 Å². The number of nitrogens with zero attached hydrogens (tertiary/aromatic N) is 1. The number of piperidine rings is 1. The first-order valence-electron chi connectivity index (χ1n) is 7.32. The van der Waals surface area contributed by atoms with Crippen LogP contribution in [-0.4, -0.2) is 36.5 Å². The first-order valence-corrected chi connectivity index (χ1v) is 7.32. The molecule has 1 aliphatic heterocycles. The number of ether oxygens (including phenoxy) is 1. The smallest absolute Gasteiger partial charge is 0.416 e. The summed E-state index contributed by atoms with van der Waals surface area (Å²) >= 11 is 0. The van der Waals surface area contributed by atoms with Crippen molar-refractivity contribution in [1.82, 2.24) is 4.90 Å². The van der Waals surface area contributed by atoms with Crippen molar-refractivity contribution in [2.75, 3.05) is 19.7 Å². The van der Waals surface area contributed by atoms with Gasteiger partial charge < -0.3 is 15.4 Å². The number of rotatable bonds is 4. The van der Waals surface area contributed by atoms with Crippen LogP contribution in [0.25, 0.3) is 0 Å². The molecule has 0 aromatic heterocycles. The van der Waals surface area contributed by atoms with Crippen LogP contribution in [0.4, 0.5) is 13.2 Å². The molecule has 1 heterocycles. The highest BCUT2D eigenvalue weighted by Crippen LogP contribution is 2.33. The SMILES string of the molecule is C=CCOc1ccc(C(F)(F)F)cc1C(=O)N1CCC(N)CC1.Cl. The van der Waals surface area contributed by atoms with Crippen LogP contribution in [-0.2, 0) is 6.18 Å². The number of benzene rings is 1. The Morgan fingerprint density at radius 1 is 1.38 bits per heavy atom. The van der Waals surface area contributed by atoms with E-state index < -0.39 is 17.6 Å². The van der Waals surface area contributed by atoms with Crippen molar-refractivity contribution in [3.63, 3.8) is 0 Å². The average molecular weight is 365 g/mol. The lowest BCUT2D eigenvalue weighted by atomic mass is 10.0. The van der Waals surface area contributed by atoms with Crippen molar-refractivity contribution in [2.24, 2.45) is 5.73 Å². The van der Waals surface area contributed by atoms with Gasteiger partial charge in [-0.3, -0.25) is 4.79 Å². The molecule has 1 aliphatic rings. The van der Waals surface area contributed by atoms with E-state index in [0.29, 0.717) is 25.9 Å². The fourth-order valence-electron chi connectivity index (χ4n) is 2.42. The first kappa shape index (κ1) is 20.3. The Bertz CT molecular complexity index is 585. The lowest BCUT2D eigenvalue weighted by Gasteiger charge is -2.30. The van der Waals surface area contributed by atoms with Gasteiger partial charge in [-0.1, -0.05) is 12.7 Å². The Morgan fingerprint density at radius 3 is 2.54 bits per heavy atom. The maximum absolute atomic E-state index is 12.9. The van der Waals surface area contributed by atoms with E-state index in [1.54, 1.807) is 0 Å². The molecule has 0 aliphatic carbocycles. The highest BCUT2D eigenvalue weighted by Gasteiger charge is 2.33. The average Bonchev–Trinajstić information content (AvgIpc) is 2.52. The monoisotopic (exact) mass is 364 g/mol. The van der Waals surface area contributed by atoms with Crippen molar-refractivity contribution in [2.45, 2.75) is 25.1 Å². The van der Waals surface area contributed by atoms with Crippen LogP contribution < -0.4 is 10.5 Å². The predicted molar refractivity (Wildman–Crippen MR) is 87.5 cm³/mol. The van der Waals surface area contributed by atoms with E-state index in [2.05, 4.69) is 6.58 Å². The molecular formula is C16H20ClF3N2O2. The van der Waals surface area contributed by atoms with E-state index in [0.717, 1.165) is 12.1 Å². The number of alkyl halides is 3. The van der Waals surface area contributed by atoms with Crippen LogP contribution in [0.5, 0.6) is 5.75 Å². The zero-order valence-electron chi connectivity index (χ0n) is 13.0. The highest BCUT2D eigenvalue weighted by molar-refractivity contribution is 5.97. The lowest BCUT2D eigenvalue weighted by Crippen LogP contribution is -2.43. The Balaban J connectivity index is 0.00000288. The number of hydrogen-bond acceptors (Lipinski definition) is 3. The number of hydrogen-bond donors (Lipinski definition) is 1. The third-order valence-corrected chi connectivity index (χ3v) is 3.72. The molecule has 1 aromatic carbocycles. The molecule has 4 nitrogen and oxygen atoms in total. The summed E-state index contributed by atoms with van der Waals surface area (Å²) in [6.45, 7) is 4.45. The second-order valence-corrected chi connectivity index (χ2v) is 5.44. The molecule has 1 saturated heterocycles. The van der Waals surface area contributed by atoms with Crippen LogP contribution in [0.3, 0.4) is 0 Å². The summed E-state index contributed by atoms with van der Waals surface area (Å²) in [4.78, 5) is 14.1. The molecule has 8 heteroatoms. The van der Waals surface area contributed by atoms with Crippen LogP contribution in [0.2, 0.25) is 0 Å². The molecule has 24 heavy (non-hydrogen) atoms. The number of halogens is 4. The Kier molecular flexibility index (Phi) is 7.10. The molecule has 1 amide bonds. The van der Waals surface area contributed by atoms with Gasteiger partial charge in [0.1, 0.15) is 12.4 Å². The van der Waals surface area contributed by atoms with Gasteiger partial charge >= 0.3 is 6.18 Å². The Morgan fingerprint density at radius 2 is 2.00 bits per heavy atom. The zero-order valence-corrected chi connectivity index (χ0v) is 13.8. The molecule has 2 rings (SSSR count). The molecule has 0 unspecified atom stereocenters. The Labute approximate surface area is 144 Å². The summed E-state index contributed by atoms with van der Waals surface area (Å²) in [6, 6.07) is 2.95. The summed E-state index contributed by atoms with van der Waals surface area (Å²) in [5.41, 5.74) is 4.83. The normalized spacial score (nSPS) is 15.6. The second kappa shape index (κ2) is 8.39. The molecule has 0 atom stereocenters. The number of nitrogens with two attached hydrogens (primary N) is 1. The van der Waals surface area contributed by atoms with Crippen molar-refractivity contribution in [1.29, 1.82) is 0 Å². The van der Waals surface area contributed by atoms with Gasteiger partial charge in [-0.25, -0.2) is 0 Å². The number of likely N-dealkylation sites (tertiary alicyclic amines) is 1. The van der Waals surface area contributed by atoms with Gasteiger partial charge in [-0.15, -0.1) is 12.4 Å². The maximum atomic E-state index is 12.9. The van der Waals surface area contributed by atoms with Crippen molar-refractivity contribution < 1.29 is 22.7 Å².